The number of aromatic nitrogens is 3. The second kappa shape index (κ2) is 6.83. The Morgan fingerprint density at radius 3 is 2.64 bits per heavy atom. The topological polar surface area (TPSA) is 85.0 Å². The van der Waals surface area contributed by atoms with Gasteiger partial charge in [-0.3, -0.25) is 9.78 Å². The summed E-state index contributed by atoms with van der Waals surface area (Å²) >= 11 is 1.46. The van der Waals surface area contributed by atoms with Crippen molar-refractivity contribution in [1.29, 1.82) is 0 Å². The highest BCUT2D eigenvalue weighted by Crippen LogP contribution is 2.29. The van der Waals surface area contributed by atoms with Gasteiger partial charge in [-0.2, -0.15) is 0 Å². The van der Waals surface area contributed by atoms with Crippen LogP contribution in [0.4, 0.5) is 5.13 Å². The number of carbonyl (C=O) groups is 1. The van der Waals surface area contributed by atoms with Crippen LogP contribution in [0.25, 0.3) is 32.5 Å². The summed E-state index contributed by atoms with van der Waals surface area (Å²) in [6, 6.07) is 11.5. The average molecular weight is 389 g/mol. The fourth-order valence-corrected chi connectivity index (χ4v) is 4.44. The van der Waals surface area contributed by atoms with E-state index < -0.39 is 0 Å². The lowest BCUT2D eigenvalue weighted by Crippen LogP contribution is -2.35. The summed E-state index contributed by atoms with van der Waals surface area (Å²) in [4.78, 5) is 28.3. The van der Waals surface area contributed by atoms with Crippen LogP contribution < -0.4 is 5.73 Å². The van der Waals surface area contributed by atoms with Crippen LogP contribution >= 0.6 is 11.3 Å². The predicted octanol–water partition coefficient (Wildman–Crippen LogP) is 4.11. The predicted molar refractivity (Wildman–Crippen MR) is 112 cm³/mol. The molecule has 2 aromatic heterocycles. The molecule has 1 aliphatic heterocycles. The Kier molecular flexibility index (Phi) is 4.16. The van der Waals surface area contributed by atoms with Gasteiger partial charge in [-0.05, 0) is 49.6 Å². The van der Waals surface area contributed by atoms with Crippen molar-refractivity contribution in [3.05, 3.63) is 48.2 Å². The molecular weight excluding hydrogens is 370 g/mol. The number of benzene rings is 2. The lowest BCUT2D eigenvalue weighted by atomic mass is 10.1. The van der Waals surface area contributed by atoms with Crippen LogP contribution in [0.15, 0.2) is 42.6 Å². The van der Waals surface area contributed by atoms with Crippen molar-refractivity contribution in [3.63, 3.8) is 0 Å². The molecule has 1 aliphatic rings. The standard InChI is InChI=1S/C21H19N5OS/c22-21-25-16-7-4-13(11-19(16)28-21)18-12-23-15-6-5-14(10-17(15)24-18)20(27)26-8-2-1-3-9-26/h4-7,10-12H,1-3,8-9H2,(H2,22,25). The first kappa shape index (κ1) is 17.1. The Balaban J connectivity index is 1.52. The molecule has 3 heterocycles. The third-order valence-electron chi connectivity index (χ3n) is 5.13. The van der Waals surface area contributed by atoms with Gasteiger partial charge in [0, 0.05) is 24.2 Å². The van der Waals surface area contributed by atoms with Gasteiger partial charge in [0.05, 0.1) is 33.1 Å². The fourth-order valence-electron chi connectivity index (χ4n) is 3.66. The molecule has 1 saturated heterocycles. The summed E-state index contributed by atoms with van der Waals surface area (Å²) in [6.45, 7) is 1.67. The molecule has 0 unspecified atom stereocenters. The lowest BCUT2D eigenvalue weighted by Gasteiger charge is -2.26. The Hall–Kier alpha value is -3.06. The minimum absolute atomic E-state index is 0.0790. The number of carbonyl (C=O) groups excluding carboxylic acids is 1. The number of piperidine rings is 1. The Morgan fingerprint density at radius 1 is 0.964 bits per heavy atom. The van der Waals surface area contributed by atoms with Crippen LogP contribution in [0.3, 0.4) is 0 Å². The maximum absolute atomic E-state index is 12.8. The SMILES string of the molecule is Nc1nc2ccc(-c3cnc4ccc(C(=O)N5CCCCC5)cc4n3)cc2s1. The number of nitrogens with zero attached hydrogens (tertiary/aromatic N) is 4. The molecule has 0 radical (unpaired) electrons. The zero-order valence-electron chi connectivity index (χ0n) is 15.3. The average Bonchev–Trinajstić information content (AvgIpc) is 3.12. The van der Waals surface area contributed by atoms with E-state index >= 15 is 0 Å². The van der Waals surface area contributed by atoms with E-state index in [1.54, 1.807) is 6.20 Å². The molecule has 140 valence electrons. The summed E-state index contributed by atoms with van der Waals surface area (Å²) in [5, 5.41) is 0.553. The van der Waals surface area contributed by atoms with E-state index in [-0.39, 0.29) is 5.91 Å². The number of hydrogen-bond donors (Lipinski definition) is 1. The van der Waals surface area contributed by atoms with Crippen LogP contribution in [0, 0.1) is 0 Å². The first-order valence-corrected chi connectivity index (χ1v) is 10.2. The number of hydrogen-bond acceptors (Lipinski definition) is 6. The van der Waals surface area contributed by atoms with Crippen molar-refractivity contribution in [1.82, 2.24) is 19.9 Å². The second-order valence-electron chi connectivity index (χ2n) is 7.05. The van der Waals surface area contributed by atoms with Gasteiger partial charge in [-0.15, -0.1) is 0 Å². The minimum atomic E-state index is 0.0790. The van der Waals surface area contributed by atoms with E-state index in [0.29, 0.717) is 10.7 Å². The van der Waals surface area contributed by atoms with E-state index in [2.05, 4.69) is 9.97 Å². The minimum Gasteiger partial charge on any atom is -0.375 e. The fraction of sp³-hybridized carbons (Fsp3) is 0.238. The van der Waals surface area contributed by atoms with E-state index in [1.807, 2.05) is 41.3 Å². The normalized spacial score (nSPS) is 14.6. The molecule has 0 bridgehead atoms. The molecule has 28 heavy (non-hydrogen) atoms. The summed E-state index contributed by atoms with van der Waals surface area (Å²) in [5.41, 5.74) is 10.6. The third-order valence-corrected chi connectivity index (χ3v) is 5.98. The Bertz CT molecular complexity index is 1200. The smallest absolute Gasteiger partial charge is 0.253 e. The zero-order valence-corrected chi connectivity index (χ0v) is 16.1. The molecule has 7 heteroatoms. The molecule has 1 amide bonds. The quantitative estimate of drug-likeness (QED) is 0.557. The molecule has 1 fully saturated rings. The number of rotatable bonds is 2. The number of likely N-dealkylation sites (tertiary alicyclic amines) is 1. The highest BCUT2D eigenvalue weighted by Gasteiger charge is 2.18. The highest BCUT2D eigenvalue weighted by atomic mass is 32.1. The summed E-state index contributed by atoms with van der Waals surface area (Å²) in [6.07, 6.45) is 5.12. The monoisotopic (exact) mass is 389 g/mol. The number of nitrogens with two attached hydrogens (primary N) is 1. The zero-order chi connectivity index (χ0) is 19.1. The van der Waals surface area contributed by atoms with Crippen molar-refractivity contribution < 1.29 is 4.79 Å². The van der Waals surface area contributed by atoms with Gasteiger partial charge in [-0.1, -0.05) is 17.4 Å². The number of thiazole rings is 1. The highest BCUT2D eigenvalue weighted by molar-refractivity contribution is 7.22. The van der Waals surface area contributed by atoms with Crippen molar-refractivity contribution in [2.45, 2.75) is 19.3 Å². The molecule has 4 aromatic rings. The van der Waals surface area contributed by atoms with E-state index in [4.69, 9.17) is 10.7 Å². The van der Waals surface area contributed by atoms with Crippen molar-refractivity contribution in [3.8, 4) is 11.3 Å². The van der Waals surface area contributed by atoms with Gasteiger partial charge >= 0.3 is 0 Å². The van der Waals surface area contributed by atoms with E-state index in [0.717, 1.165) is 58.4 Å². The molecule has 2 aromatic carbocycles. The molecule has 0 aliphatic carbocycles. The van der Waals surface area contributed by atoms with E-state index in [1.165, 1.54) is 17.8 Å². The maximum Gasteiger partial charge on any atom is 0.253 e. The Labute approximate surface area is 166 Å². The number of amides is 1. The Morgan fingerprint density at radius 2 is 1.79 bits per heavy atom. The van der Waals surface area contributed by atoms with Gasteiger partial charge in [0.25, 0.3) is 5.91 Å². The van der Waals surface area contributed by atoms with Crippen molar-refractivity contribution >= 4 is 43.6 Å². The van der Waals surface area contributed by atoms with Crippen LogP contribution in [-0.2, 0) is 0 Å². The lowest BCUT2D eigenvalue weighted by molar-refractivity contribution is 0.0724. The molecule has 0 spiro atoms. The molecular formula is C21H19N5OS. The maximum atomic E-state index is 12.8. The first-order chi connectivity index (χ1) is 13.7. The van der Waals surface area contributed by atoms with Crippen LogP contribution in [-0.4, -0.2) is 38.8 Å². The van der Waals surface area contributed by atoms with Gasteiger partial charge in [0.2, 0.25) is 0 Å². The summed E-state index contributed by atoms with van der Waals surface area (Å²) in [5.74, 6) is 0.0790. The second-order valence-corrected chi connectivity index (χ2v) is 8.11. The molecule has 6 nitrogen and oxygen atoms in total. The molecule has 5 rings (SSSR count). The van der Waals surface area contributed by atoms with Crippen LogP contribution in [0.1, 0.15) is 29.6 Å². The van der Waals surface area contributed by atoms with Gasteiger partial charge < -0.3 is 10.6 Å². The number of anilines is 1. The number of nitrogen functional groups attached to an aromatic ring is 1. The van der Waals surface area contributed by atoms with Crippen LogP contribution in [0.2, 0.25) is 0 Å². The number of fused-ring (bicyclic) bond motifs is 2. The van der Waals surface area contributed by atoms with Crippen LogP contribution in [0.5, 0.6) is 0 Å². The summed E-state index contributed by atoms with van der Waals surface area (Å²) in [7, 11) is 0. The third kappa shape index (κ3) is 3.07. The first-order valence-electron chi connectivity index (χ1n) is 9.40. The van der Waals surface area contributed by atoms with Gasteiger partial charge in [0.15, 0.2) is 5.13 Å². The van der Waals surface area contributed by atoms with Crippen molar-refractivity contribution in [2.75, 3.05) is 18.8 Å². The van der Waals surface area contributed by atoms with Gasteiger partial charge in [0.1, 0.15) is 0 Å². The summed E-state index contributed by atoms with van der Waals surface area (Å²) < 4.78 is 1.02. The van der Waals surface area contributed by atoms with Crippen molar-refractivity contribution in [2.24, 2.45) is 0 Å². The van der Waals surface area contributed by atoms with Gasteiger partial charge in [-0.25, -0.2) is 9.97 Å². The van der Waals surface area contributed by atoms with E-state index in [9.17, 15) is 4.79 Å². The molecule has 0 atom stereocenters. The molecule has 0 saturated carbocycles. The largest absolute Gasteiger partial charge is 0.375 e. The molecule has 2 N–H and O–H groups in total.